The lowest BCUT2D eigenvalue weighted by atomic mass is 9.68. The number of nitrogens with zero attached hydrogens (tertiary/aromatic N) is 2. The summed E-state index contributed by atoms with van der Waals surface area (Å²) in [7, 11) is 0. The molecule has 3 fully saturated rings. The van der Waals surface area contributed by atoms with Crippen molar-refractivity contribution < 1.29 is 0 Å². The number of hydrogen-bond donors (Lipinski definition) is 0. The minimum absolute atomic E-state index is 0.115. The molecule has 0 aromatic heterocycles. The predicted molar refractivity (Wildman–Crippen MR) is 278 cm³/mol. The van der Waals surface area contributed by atoms with Gasteiger partial charge in [0.25, 0.3) is 0 Å². The molecule has 14 rings (SSSR count). The van der Waals surface area contributed by atoms with Crippen LogP contribution in [0.4, 0.5) is 34.1 Å². The second kappa shape index (κ2) is 14.9. The molecule has 1 spiro atoms. The second-order valence-corrected chi connectivity index (χ2v) is 21.5. The summed E-state index contributed by atoms with van der Waals surface area (Å²) in [4.78, 5) is 5.36. The average molecular weight is 867 g/mol. The SMILES string of the molecule is CC1(C)c2cc(N(c3ccccc3)c3cccc4c3C35c6c(cccc6N(c6ccccc6)c6ccccc6C6CC7CCC6C7)CC3CCC5C4)ccc2-c2c(-c3ccccc3)cccc21. The molecule has 328 valence electrons. The summed E-state index contributed by atoms with van der Waals surface area (Å²) in [5.41, 5.74) is 23.4. The summed E-state index contributed by atoms with van der Waals surface area (Å²) in [6, 6.07) is 72.2. The minimum Gasteiger partial charge on any atom is -0.310 e. The van der Waals surface area contributed by atoms with Crippen molar-refractivity contribution in [3.8, 4) is 22.3 Å². The number of hydrogen-bond acceptors (Lipinski definition) is 2. The summed E-state index contributed by atoms with van der Waals surface area (Å²) in [5.74, 6) is 3.38. The maximum absolute atomic E-state index is 2.71. The van der Waals surface area contributed by atoms with Gasteiger partial charge in [-0.1, -0.05) is 154 Å². The van der Waals surface area contributed by atoms with Crippen LogP contribution < -0.4 is 9.80 Å². The van der Waals surface area contributed by atoms with Crippen molar-refractivity contribution in [1.82, 2.24) is 0 Å². The van der Waals surface area contributed by atoms with Crippen LogP contribution in [-0.2, 0) is 23.7 Å². The lowest BCUT2D eigenvalue weighted by Crippen LogP contribution is -2.35. The Bertz CT molecular complexity index is 3210. The third-order valence-corrected chi connectivity index (χ3v) is 18.0. The Morgan fingerprint density at radius 3 is 1.70 bits per heavy atom. The van der Waals surface area contributed by atoms with Crippen molar-refractivity contribution in [1.29, 1.82) is 0 Å². The van der Waals surface area contributed by atoms with Crippen LogP contribution in [0.5, 0.6) is 0 Å². The standard InChI is InChI=1S/C65H58N2/c1-64(2)56-27-16-26-52(43-17-6-3-7-18-43)61(56)54-36-35-51(41-57(54)64)66(49-21-8-4-9-22-49)59-29-14-19-45-39-47-33-34-48-40-46-20-15-30-60(63(46)65(47,48)62(45)59)67(50-23-10-5-11-24-50)58-28-13-12-25-53(58)55-38-42-31-32-44(55)37-42/h3-30,35-36,41-42,44,47-48,55H,31-34,37-40H2,1-2H3. The van der Waals surface area contributed by atoms with Gasteiger partial charge in [-0.25, -0.2) is 0 Å². The Morgan fingerprint density at radius 1 is 0.448 bits per heavy atom. The summed E-state index contributed by atoms with van der Waals surface area (Å²) < 4.78 is 0. The van der Waals surface area contributed by atoms with E-state index in [1.165, 1.54) is 112 Å². The Kier molecular flexibility index (Phi) is 8.81. The summed E-state index contributed by atoms with van der Waals surface area (Å²) >= 11 is 0. The first-order valence-electron chi connectivity index (χ1n) is 25.4. The zero-order chi connectivity index (χ0) is 44.4. The molecule has 2 heteroatoms. The van der Waals surface area contributed by atoms with E-state index in [1.54, 1.807) is 22.3 Å². The van der Waals surface area contributed by atoms with E-state index < -0.39 is 0 Å². The van der Waals surface area contributed by atoms with Gasteiger partial charge in [0, 0.05) is 33.6 Å². The maximum Gasteiger partial charge on any atom is 0.0505 e. The van der Waals surface area contributed by atoms with Crippen LogP contribution in [0.15, 0.2) is 188 Å². The van der Waals surface area contributed by atoms with Crippen molar-refractivity contribution in [2.24, 2.45) is 23.7 Å². The summed E-state index contributed by atoms with van der Waals surface area (Å²) in [6.45, 7) is 4.86. The molecule has 2 nitrogen and oxygen atoms in total. The minimum atomic E-state index is -0.165. The predicted octanol–water partition coefficient (Wildman–Crippen LogP) is 16.9. The zero-order valence-electron chi connectivity index (χ0n) is 38.8. The van der Waals surface area contributed by atoms with Crippen LogP contribution in [0.3, 0.4) is 0 Å². The van der Waals surface area contributed by atoms with Crippen molar-refractivity contribution in [3.63, 3.8) is 0 Å². The van der Waals surface area contributed by atoms with Crippen LogP contribution in [0.2, 0.25) is 0 Å². The molecule has 0 N–H and O–H groups in total. The Morgan fingerprint density at radius 2 is 1.04 bits per heavy atom. The summed E-state index contributed by atoms with van der Waals surface area (Å²) in [6.07, 6.45) is 10.3. The van der Waals surface area contributed by atoms with Crippen LogP contribution in [0.1, 0.15) is 97.2 Å². The molecule has 6 unspecified atom stereocenters. The summed E-state index contributed by atoms with van der Waals surface area (Å²) in [5, 5.41) is 0. The molecular formula is C65H58N2. The third kappa shape index (κ3) is 5.68. The molecule has 6 atom stereocenters. The Balaban J connectivity index is 0.974. The fourth-order valence-electron chi connectivity index (χ4n) is 15.4. The van der Waals surface area contributed by atoms with Gasteiger partial charge in [-0.05, 0) is 190 Å². The number of benzene rings is 8. The largest absolute Gasteiger partial charge is 0.310 e. The van der Waals surface area contributed by atoms with E-state index >= 15 is 0 Å². The van der Waals surface area contributed by atoms with E-state index in [2.05, 4.69) is 212 Å². The first-order valence-corrected chi connectivity index (χ1v) is 25.4. The van der Waals surface area contributed by atoms with Crippen molar-refractivity contribution in [2.45, 2.75) is 82.0 Å². The molecule has 8 aromatic rings. The van der Waals surface area contributed by atoms with Gasteiger partial charge < -0.3 is 9.80 Å². The van der Waals surface area contributed by atoms with Gasteiger partial charge in [0.1, 0.15) is 0 Å². The van der Waals surface area contributed by atoms with Gasteiger partial charge in [0.05, 0.1) is 11.4 Å². The number of para-hydroxylation sites is 3. The monoisotopic (exact) mass is 866 g/mol. The molecule has 0 heterocycles. The van der Waals surface area contributed by atoms with E-state index in [1.807, 2.05) is 0 Å². The van der Waals surface area contributed by atoms with Gasteiger partial charge in [0.2, 0.25) is 0 Å². The quantitative estimate of drug-likeness (QED) is 0.150. The van der Waals surface area contributed by atoms with Crippen LogP contribution in [-0.4, -0.2) is 0 Å². The van der Waals surface area contributed by atoms with Crippen molar-refractivity contribution >= 4 is 34.1 Å². The van der Waals surface area contributed by atoms with Crippen molar-refractivity contribution in [3.05, 3.63) is 227 Å². The highest BCUT2D eigenvalue weighted by atomic mass is 15.2. The molecule has 0 radical (unpaired) electrons. The molecule has 0 amide bonds. The van der Waals surface area contributed by atoms with Gasteiger partial charge in [0.15, 0.2) is 0 Å². The van der Waals surface area contributed by atoms with Crippen LogP contribution in [0.25, 0.3) is 22.3 Å². The first-order chi connectivity index (χ1) is 33.0. The van der Waals surface area contributed by atoms with Gasteiger partial charge in [-0.3, -0.25) is 0 Å². The smallest absolute Gasteiger partial charge is 0.0505 e. The van der Waals surface area contributed by atoms with Crippen LogP contribution in [0, 0.1) is 23.7 Å². The van der Waals surface area contributed by atoms with E-state index in [0.717, 1.165) is 24.7 Å². The second-order valence-electron chi connectivity index (χ2n) is 21.5. The molecule has 3 saturated carbocycles. The molecule has 67 heavy (non-hydrogen) atoms. The van der Waals surface area contributed by atoms with Crippen molar-refractivity contribution in [2.75, 3.05) is 9.80 Å². The van der Waals surface area contributed by atoms with E-state index in [4.69, 9.17) is 0 Å². The highest BCUT2D eigenvalue weighted by Crippen LogP contribution is 2.69. The Labute approximate surface area is 397 Å². The number of fused-ring (bicyclic) bond motifs is 7. The first kappa shape index (κ1) is 39.5. The molecule has 0 aliphatic heterocycles. The van der Waals surface area contributed by atoms with Gasteiger partial charge in [-0.2, -0.15) is 0 Å². The Hall–Kier alpha value is -6.64. The van der Waals surface area contributed by atoms with E-state index in [-0.39, 0.29) is 10.8 Å². The zero-order valence-corrected chi connectivity index (χ0v) is 38.8. The molecule has 0 saturated heterocycles. The molecular weight excluding hydrogens is 809 g/mol. The lowest BCUT2D eigenvalue weighted by molar-refractivity contribution is 0.350. The molecule has 6 aliphatic rings. The average Bonchev–Trinajstić information content (AvgIpc) is 4.23. The lowest BCUT2D eigenvalue weighted by Gasteiger charge is -2.40. The van der Waals surface area contributed by atoms with E-state index in [9.17, 15) is 0 Å². The van der Waals surface area contributed by atoms with E-state index in [0.29, 0.717) is 17.8 Å². The highest BCUT2D eigenvalue weighted by Gasteiger charge is 2.62. The number of rotatable bonds is 8. The fourth-order valence-corrected chi connectivity index (χ4v) is 15.4. The molecule has 2 bridgehead atoms. The fraction of sp³-hybridized carbons (Fsp3) is 0.262. The highest BCUT2D eigenvalue weighted by molar-refractivity contribution is 5.95. The molecule has 8 aromatic carbocycles. The maximum atomic E-state index is 2.71. The number of anilines is 6. The van der Waals surface area contributed by atoms with Gasteiger partial charge in [-0.15, -0.1) is 0 Å². The third-order valence-electron chi connectivity index (χ3n) is 18.0. The normalized spacial score (nSPS) is 24.1. The topological polar surface area (TPSA) is 6.48 Å². The van der Waals surface area contributed by atoms with Crippen LogP contribution >= 0.6 is 0 Å². The molecule has 6 aliphatic carbocycles. The van der Waals surface area contributed by atoms with Gasteiger partial charge >= 0.3 is 0 Å².